The first-order valence-corrected chi connectivity index (χ1v) is 10.7. The minimum Gasteiger partial charge on any atom is -0.496 e. The van der Waals surface area contributed by atoms with E-state index < -0.39 is 10.0 Å². The Morgan fingerprint density at radius 1 is 1.07 bits per heavy atom. The van der Waals surface area contributed by atoms with Gasteiger partial charge in [-0.3, -0.25) is 0 Å². The Labute approximate surface area is 172 Å². The summed E-state index contributed by atoms with van der Waals surface area (Å²) in [5.74, 6) is 1.63. The van der Waals surface area contributed by atoms with Crippen LogP contribution in [0, 0.1) is 27.7 Å². The van der Waals surface area contributed by atoms with Gasteiger partial charge < -0.3 is 9.15 Å². The molecule has 0 saturated heterocycles. The highest BCUT2D eigenvalue weighted by atomic mass is 32.2. The van der Waals surface area contributed by atoms with E-state index in [4.69, 9.17) is 9.15 Å². The van der Waals surface area contributed by atoms with Gasteiger partial charge in [-0.1, -0.05) is 29.8 Å². The maximum absolute atomic E-state index is 13.2. The van der Waals surface area contributed by atoms with E-state index in [-0.39, 0.29) is 6.54 Å². The Morgan fingerprint density at radius 3 is 2.31 bits per heavy atom. The second kappa shape index (κ2) is 8.00. The lowest BCUT2D eigenvalue weighted by molar-refractivity contribution is 0.414. The highest BCUT2D eigenvalue weighted by Gasteiger charge is 2.27. The van der Waals surface area contributed by atoms with Crippen molar-refractivity contribution in [2.24, 2.45) is 0 Å². The normalized spacial score (nSPS) is 11.8. The number of benzene rings is 2. The molecule has 29 heavy (non-hydrogen) atoms. The third-order valence-electron chi connectivity index (χ3n) is 4.88. The summed E-state index contributed by atoms with van der Waals surface area (Å²) >= 11 is 0. The van der Waals surface area contributed by atoms with Crippen LogP contribution in [0.25, 0.3) is 11.5 Å². The molecule has 0 atom stereocenters. The molecule has 0 spiro atoms. The van der Waals surface area contributed by atoms with E-state index in [0.29, 0.717) is 28.0 Å². The minimum absolute atomic E-state index is 0.111. The van der Waals surface area contributed by atoms with Crippen LogP contribution in [0.2, 0.25) is 0 Å². The lowest BCUT2D eigenvalue weighted by Crippen LogP contribution is -2.28. The van der Waals surface area contributed by atoms with E-state index in [0.717, 1.165) is 22.3 Å². The molecule has 2 aromatic carbocycles. The van der Waals surface area contributed by atoms with Crippen molar-refractivity contribution in [3.63, 3.8) is 0 Å². The Bertz CT molecular complexity index is 1130. The highest BCUT2D eigenvalue weighted by molar-refractivity contribution is 7.89. The molecule has 0 fully saturated rings. The number of nitrogens with zero attached hydrogens (tertiary/aromatic N) is 2. The van der Waals surface area contributed by atoms with E-state index in [1.54, 1.807) is 21.1 Å². The van der Waals surface area contributed by atoms with Gasteiger partial charge in [-0.15, -0.1) is 0 Å². The molecule has 0 saturated carbocycles. The second-order valence-corrected chi connectivity index (χ2v) is 9.19. The van der Waals surface area contributed by atoms with Crippen molar-refractivity contribution in [3.8, 4) is 17.2 Å². The van der Waals surface area contributed by atoms with Crippen LogP contribution in [0.15, 0.2) is 45.7 Å². The van der Waals surface area contributed by atoms with Gasteiger partial charge in [-0.2, -0.15) is 4.31 Å². The van der Waals surface area contributed by atoms with Crippen molar-refractivity contribution >= 4 is 10.0 Å². The molecule has 7 heteroatoms. The van der Waals surface area contributed by atoms with Gasteiger partial charge in [-0.25, -0.2) is 13.4 Å². The van der Waals surface area contributed by atoms with Crippen molar-refractivity contribution in [1.82, 2.24) is 9.29 Å². The van der Waals surface area contributed by atoms with Crippen molar-refractivity contribution in [1.29, 1.82) is 0 Å². The molecule has 0 bridgehead atoms. The maximum Gasteiger partial charge on any atom is 0.243 e. The molecule has 6 nitrogen and oxygen atoms in total. The zero-order valence-electron chi connectivity index (χ0n) is 17.6. The van der Waals surface area contributed by atoms with Gasteiger partial charge >= 0.3 is 0 Å². The molecule has 1 heterocycles. The van der Waals surface area contributed by atoms with Gasteiger partial charge in [0, 0.05) is 7.05 Å². The number of rotatable bonds is 6. The molecule has 1 aromatic heterocycles. The summed E-state index contributed by atoms with van der Waals surface area (Å²) in [4.78, 5) is 4.89. The van der Waals surface area contributed by atoms with Crippen LogP contribution < -0.4 is 4.74 Å². The summed E-state index contributed by atoms with van der Waals surface area (Å²) in [5, 5.41) is 0. The first-order valence-electron chi connectivity index (χ1n) is 9.29. The molecular weight excluding hydrogens is 388 g/mol. The van der Waals surface area contributed by atoms with Crippen molar-refractivity contribution in [2.75, 3.05) is 14.2 Å². The number of aromatic nitrogens is 1. The van der Waals surface area contributed by atoms with Crippen molar-refractivity contribution < 1.29 is 17.6 Å². The fourth-order valence-corrected chi connectivity index (χ4v) is 5.07. The van der Waals surface area contributed by atoms with Crippen LogP contribution in [0.1, 0.15) is 28.1 Å². The zero-order valence-corrected chi connectivity index (χ0v) is 18.4. The summed E-state index contributed by atoms with van der Waals surface area (Å²) in [6, 6.07) is 11.2. The highest BCUT2D eigenvalue weighted by Crippen LogP contribution is 2.31. The molecule has 154 valence electrons. The van der Waals surface area contributed by atoms with E-state index in [1.165, 1.54) is 4.31 Å². The lowest BCUT2D eigenvalue weighted by atomic mass is 10.1. The smallest absolute Gasteiger partial charge is 0.243 e. The first-order chi connectivity index (χ1) is 13.6. The molecule has 0 aliphatic carbocycles. The Morgan fingerprint density at radius 2 is 1.69 bits per heavy atom. The number of methoxy groups -OCH3 is 1. The van der Waals surface area contributed by atoms with Gasteiger partial charge in [0.05, 0.1) is 29.8 Å². The van der Waals surface area contributed by atoms with Crippen LogP contribution in [0.5, 0.6) is 5.75 Å². The summed E-state index contributed by atoms with van der Waals surface area (Å²) in [5.41, 5.74) is 3.80. The molecule has 0 aliphatic heterocycles. The first kappa shape index (κ1) is 21.1. The zero-order chi connectivity index (χ0) is 21.3. The number of ether oxygens (including phenoxy) is 1. The van der Waals surface area contributed by atoms with Gasteiger partial charge in [0.15, 0.2) is 0 Å². The average molecular weight is 415 g/mol. The molecular formula is C22H26N2O4S. The average Bonchev–Trinajstić information content (AvgIpc) is 3.00. The Hall–Kier alpha value is -2.64. The predicted molar refractivity (Wildman–Crippen MR) is 113 cm³/mol. The molecule has 0 N–H and O–H groups in total. The fourth-order valence-electron chi connectivity index (χ4n) is 3.54. The number of para-hydroxylation sites is 1. The minimum atomic E-state index is -3.67. The van der Waals surface area contributed by atoms with E-state index in [2.05, 4.69) is 4.98 Å². The number of oxazole rings is 1. The Kier molecular flexibility index (Phi) is 5.82. The second-order valence-electron chi connectivity index (χ2n) is 7.21. The number of aryl methyl sites for hydroxylation is 4. The molecule has 3 rings (SSSR count). The lowest BCUT2D eigenvalue weighted by Gasteiger charge is -2.20. The molecule has 0 aliphatic rings. The third kappa shape index (κ3) is 4.06. The van der Waals surface area contributed by atoms with Gasteiger partial charge in [-0.05, 0) is 51.0 Å². The van der Waals surface area contributed by atoms with E-state index in [9.17, 15) is 8.42 Å². The number of hydrogen-bond donors (Lipinski definition) is 0. The third-order valence-corrected chi connectivity index (χ3v) is 6.99. The SMILES string of the molecule is COc1ccccc1-c1nc(CN(C)S(=O)(=O)c2c(C)cc(C)cc2C)c(C)o1. The van der Waals surface area contributed by atoms with Gasteiger partial charge in [0.25, 0.3) is 0 Å². The molecule has 3 aromatic rings. The van der Waals surface area contributed by atoms with E-state index in [1.807, 2.05) is 57.2 Å². The van der Waals surface area contributed by atoms with Crippen molar-refractivity contribution in [3.05, 3.63) is 64.5 Å². The van der Waals surface area contributed by atoms with Gasteiger partial charge in [0.1, 0.15) is 11.5 Å². The largest absolute Gasteiger partial charge is 0.496 e. The topological polar surface area (TPSA) is 72.6 Å². The van der Waals surface area contributed by atoms with Crippen LogP contribution in [0.3, 0.4) is 0 Å². The van der Waals surface area contributed by atoms with Gasteiger partial charge in [0.2, 0.25) is 15.9 Å². The maximum atomic E-state index is 13.2. The van der Waals surface area contributed by atoms with Crippen molar-refractivity contribution in [2.45, 2.75) is 39.1 Å². The fraction of sp³-hybridized carbons (Fsp3) is 0.318. The standard InChI is InChI=1S/C22H26N2O4S/c1-14-11-15(2)21(16(3)12-14)29(25,26)24(5)13-19-17(4)28-22(23-19)18-9-7-8-10-20(18)27-6/h7-12H,13H2,1-6H3. The number of hydrogen-bond acceptors (Lipinski definition) is 5. The van der Waals surface area contributed by atoms with Crippen LogP contribution >= 0.6 is 0 Å². The summed E-state index contributed by atoms with van der Waals surface area (Å²) in [6.45, 7) is 7.49. The van der Waals surface area contributed by atoms with Crippen LogP contribution in [0.4, 0.5) is 0 Å². The Balaban J connectivity index is 1.94. The molecule has 0 unspecified atom stereocenters. The summed E-state index contributed by atoms with van der Waals surface area (Å²) < 4.78 is 38.9. The monoisotopic (exact) mass is 414 g/mol. The quantitative estimate of drug-likeness (QED) is 0.598. The summed E-state index contributed by atoms with van der Waals surface area (Å²) in [7, 11) is -0.527. The predicted octanol–water partition coefficient (Wildman–Crippen LogP) is 4.40. The summed E-state index contributed by atoms with van der Waals surface area (Å²) in [6.07, 6.45) is 0. The van der Waals surface area contributed by atoms with Crippen LogP contribution in [-0.2, 0) is 16.6 Å². The molecule has 0 radical (unpaired) electrons. The molecule has 0 amide bonds. The van der Waals surface area contributed by atoms with E-state index >= 15 is 0 Å². The number of sulfonamides is 1. The van der Waals surface area contributed by atoms with Crippen LogP contribution in [-0.4, -0.2) is 31.9 Å².